The standard InChI is InChI=1S/C17H17F2N3O4S/c18-14-13(27(24,25)22-8-11-3-1-2-6-21-11)7-12(17(20)23)16(15(14)19)26-9-10-4-5-10/h1-3,6-7,10,22H,4-5,8-9H2,(H2,20,23). The van der Waals surface area contributed by atoms with Crippen molar-refractivity contribution in [1.29, 1.82) is 0 Å². The molecular weight excluding hydrogens is 380 g/mol. The number of aromatic nitrogens is 1. The third-order valence-electron chi connectivity index (χ3n) is 4.01. The molecule has 3 N–H and O–H groups in total. The number of primary amides is 1. The smallest absolute Gasteiger partial charge is 0.252 e. The molecule has 0 bridgehead atoms. The molecule has 144 valence electrons. The summed E-state index contributed by atoms with van der Waals surface area (Å²) in [6.45, 7) is -0.142. The van der Waals surface area contributed by atoms with Crippen LogP contribution in [-0.4, -0.2) is 25.9 Å². The molecule has 1 heterocycles. The summed E-state index contributed by atoms with van der Waals surface area (Å²) in [6, 6.07) is 5.54. The number of ether oxygens (including phenoxy) is 1. The van der Waals surface area contributed by atoms with E-state index in [4.69, 9.17) is 10.5 Å². The van der Waals surface area contributed by atoms with Crippen LogP contribution in [0.2, 0.25) is 0 Å². The second-order valence-corrected chi connectivity index (χ2v) is 7.88. The quantitative estimate of drug-likeness (QED) is 0.705. The van der Waals surface area contributed by atoms with Gasteiger partial charge in [0.2, 0.25) is 15.8 Å². The number of rotatable bonds is 8. The lowest BCUT2D eigenvalue weighted by molar-refractivity contribution is 0.0994. The number of halogens is 2. The molecular formula is C17H17F2N3O4S. The molecule has 1 fully saturated rings. The lowest BCUT2D eigenvalue weighted by Crippen LogP contribution is -2.26. The van der Waals surface area contributed by atoms with Gasteiger partial charge in [-0.05, 0) is 37.0 Å². The lowest BCUT2D eigenvalue weighted by atomic mass is 10.1. The Morgan fingerprint density at radius 2 is 2.04 bits per heavy atom. The summed E-state index contributed by atoms with van der Waals surface area (Å²) in [5, 5.41) is 0. The second-order valence-electron chi connectivity index (χ2n) is 6.14. The Kier molecular flexibility index (Phi) is 5.38. The summed E-state index contributed by atoms with van der Waals surface area (Å²) >= 11 is 0. The first kappa shape index (κ1) is 19.2. The van der Waals surface area contributed by atoms with Crippen LogP contribution in [0.1, 0.15) is 28.9 Å². The highest BCUT2D eigenvalue weighted by Gasteiger charge is 2.30. The Labute approximate surface area is 154 Å². The first-order valence-electron chi connectivity index (χ1n) is 8.13. The predicted octanol–water partition coefficient (Wildman–Crippen LogP) is 1.73. The Hall–Kier alpha value is -2.59. The second kappa shape index (κ2) is 7.57. The molecule has 10 heteroatoms. The van der Waals surface area contributed by atoms with Crippen molar-refractivity contribution in [2.75, 3.05) is 6.61 Å². The number of hydrogen-bond acceptors (Lipinski definition) is 5. The summed E-state index contributed by atoms with van der Waals surface area (Å²) in [6.07, 6.45) is 3.24. The van der Waals surface area contributed by atoms with Crippen molar-refractivity contribution in [3.05, 3.63) is 53.4 Å². The van der Waals surface area contributed by atoms with E-state index >= 15 is 0 Å². The first-order chi connectivity index (χ1) is 12.8. The van der Waals surface area contributed by atoms with Gasteiger partial charge in [0.25, 0.3) is 5.91 Å². The van der Waals surface area contributed by atoms with E-state index in [0.29, 0.717) is 11.8 Å². The fourth-order valence-electron chi connectivity index (χ4n) is 2.34. The van der Waals surface area contributed by atoms with Crippen LogP contribution in [0.25, 0.3) is 0 Å². The monoisotopic (exact) mass is 397 g/mol. The molecule has 1 aromatic carbocycles. The molecule has 0 spiro atoms. The van der Waals surface area contributed by atoms with Gasteiger partial charge in [0.15, 0.2) is 11.6 Å². The van der Waals surface area contributed by atoms with Crippen molar-refractivity contribution in [1.82, 2.24) is 9.71 Å². The minimum Gasteiger partial charge on any atom is -0.489 e. The van der Waals surface area contributed by atoms with Gasteiger partial charge in [-0.3, -0.25) is 9.78 Å². The van der Waals surface area contributed by atoms with Crippen LogP contribution in [0.3, 0.4) is 0 Å². The van der Waals surface area contributed by atoms with Gasteiger partial charge in [-0.25, -0.2) is 17.5 Å². The van der Waals surface area contributed by atoms with Crippen LogP contribution in [-0.2, 0) is 16.6 Å². The first-order valence-corrected chi connectivity index (χ1v) is 9.62. The molecule has 2 aromatic rings. The SMILES string of the molecule is NC(=O)c1cc(S(=O)(=O)NCc2ccccn2)c(F)c(F)c1OCC1CC1. The number of hydrogen-bond donors (Lipinski definition) is 2. The molecule has 0 radical (unpaired) electrons. The Morgan fingerprint density at radius 1 is 1.30 bits per heavy atom. The number of benzene rings is 1. The topological polar surface area (TPSA) is 111 Å². The average molecular weight is 397 g/mol. The normalized spacial score (nSPS) is 14.1. The molecule has 1 aromatic heterocycles. The van der Waals surface area contributed by atoms with Crippen molar-refractivity contribution in [2.45, 2.75) is 24.3 Å². The van der Waals surface area contributed by atoms with Gasteiger partial charge in [0, 0.05) is 6.20 Å². The van der Waals surface area contributed by atoms with E-state index in [0.717, 1.165) is 12.8 Å². The summed E-state index contributed by atoms with van der Waals surface area (Å²) in [4.78, 5) is 14.5. The van der Waals surface area contributed by atoms with Gasteiger partial charge in [-0.2, -0.15) is 4.39 Å². The lowest BCUT2D eigenvalue weighted by Gasteiger charge is -2.14. The Bertz CT molecular complexity index is 964. The molecule has 3 rings (SSSR count). The summed E-state index contributed by atoms with van der Waals surface area (Å²) in [5.74, 6) is -4.79. The van der Waals surface area contributed by atoms with Crippen molar-refractivity contribution in [2.24, 2.45) is 11.7 Å². The van der Waals surface area contributed by atoms with E-state index in [-0.39, 0.29) is 19.1 Å². The molecule has 1 aliphatic carbocycles. The van der Waals surface area contributed by atoms with E-state index < -0.39 is 43.8 Å². The zero-order chi connectivity index (χ0) is 19.6. The summed E-state index contributed by atoms with van der Waals surface area (Å²) < 4.78 is 61.0. The third kappa shape index (κ3) is 4.40. The number of sulfonamides is 1. The highest BCUT2D eigenvalue weighted by molar-refractivity contribution is 7.89. The maximum atomic E-state index is 14.4. The van der Waals surface area contributed by atoms with Crippen molar-refractivity contribution < 1.29 is 26.7 Å². The number of nitrogens with two attached hydrogens (primary N) is 1. The molecule has 7 nitrogen and oxygen atoms in total. The Balaban J connectivity index is 1.92. The fourth-order valence-corrected chi connectivity index (χ4v) is 3.43. The fraction of sp³-hybridized carbons (Fsp3) is 0.294. The highest BCUT2D eigenvalue weighted by Crippen LogP contribution is 2.34. The van der Waals surface area contributed by atoms with Crippen LogP contribution in [0.5, 0.6) is 5.75 Å². The summed E-state index contributed by atoms with van der Waals surface area (Å²) in [7, 11) is -4.47. The Morgan fingerprint density at radius 3 is 2.63 bits per heavy atom. The molecule has 0 saturated heterocycles. The molecule has 0 atom stereocenters. The average Bonchev–Trinajstić information content (AvgIpc) is 3.46. The number of nitrogens with zero attached hydrogens (tertiary/aromatic N) is 1. The minimum absolute atomic E-state index is 0.0979. The predicted molar refractivity (Wildman–Crippen MR) is 91.4 cm³/mol. The van der Waals surface area contributed by atoms with Gasteiger partial charge in [-0.15, -0.1) is 0 Å². The van der Waals surface area contributed by atoms with E-state index in [9.17, 15) is 22.0 Å². The number of amides is 1. The molecule has 0 unspecified atom stereocenters. The van der Waals surface area contributed by atoms with E-state index in [1.54, 1.807) is 18.2 Å². The molecule has 1 saturated carbocycles. The van der Waals surface area contributed by atoms with Crippen LogP contribution in [0, 0.1) is 17.6 Å². The van der Waals surface area contributed by atoms with Crippen LogP contribution < -0.4 is 15.2 Å². The van der Waals surface area contributed by atoms with Crippen molar-refractivity contribution in [3.63, 3.8) is 0 Å². The van der Waals surface area contributed by atoms with E-state index in [1.807, 2.05) is 0 Å². The number of nitrogens with one attached hydrogen (secondary N) is 1. The van der Waals surface area contributed by atoms with Gasteiger partial charge in [0.1, 0.15) is 4.90 Å². The number of carbonyl (C=O) groups is 1. The van der Waals surface area contributed by atoms with Crippen LogP contribution in [0.4, 0.5) is 8.78 Å². The molecule has 1 aliphatic rings. The minimum atomic E-state index is -4.47. The number of pyridine rings is 1. The highest BCUT2D eigenvalue weighted by atomic mass is 32.2. The van der Waals surface area contributed by atoms with Crippen molar-refractivity contribution >= 4 is 15.9 Å². The van der Waals surface area contributed by atoms with Gasteiger partial charge in [0.05, 0.1) is 24.4 Å². The maximum absolute atomic E-state index is 14.4. The molecule has 1 amide bonds. The third-order valence-corrected chi connectivity index (χ3v) is 5.41. The van der Waals surface area contributed by atoms with E-state index in [2.05, 4.69) is 9.71 Å². The van der Waals surface area contributed by atoms with Crippen molar-refractivity contribution in [3.8, 4) is 5.75 Å². The zero-order valence-electron chi connectivity index (χ0n) is 14.1. The van der Waals surface area contributed by atoms with Crippen LogP contribution >= 0.6 is 0 Å². The largest absolute Gasteiger partial charge is 0.489 e. The van der Waals surface area contributed by atoms with Crippen LogP contribution in [0.15, 0.2) is 35.4 Å². The maximum Gasteiger partial charge on any atom is 0.252 e. The zero-order valence-corrected chi connectivity index (χ0v) is 14.9. The van der Waals surface area contributed by atoms with Gasteiger partial charge >= 0.3 is 0 Å². The summed E-state index contributed by atoms with van der Waals surface area (Å²) in [5.41, 5.74) is 5.04. The molecule has 0 aliphatic heterocycles. The number of carbonyl (C=O) groups excluding carboxylic acids is 1. The van der Waals surface area contributed by atoms with Gasteiger partial charge < -0.3 is 10.5 Å². The van der Waals surface area contributed by atoms with E-state index in [1.165, 1.54) is 6.20 Å². The molecule has 27 heavy (non-hydrogen) atoms. The van der Waals surface area contributed by atoms with Gasteiger partial charge in [-0.1, -0.05) is 6.07 Å².